The summed E-state index contributed by atoms with van der Waals surface area (Å²) in [5.74, 6) is 0. The van der Waals surface area contributed by atoms with Crippen molar-refractivity contribution in [1.82, 2.24) is 10.3 Å². The highest BCUT2D eigenvalue weighted by molar-refractivity contribution is 9.10. The Hall–Kier alpha value is -0.920. The Morgan fingerprint density at radius 2 is 2.36 bits per heavy atom. The number of pyridine rings is 1. The van der Waals surface area contributed by atoms with Gasteiger partial charge in [-0.05, 0) is 22.9 Å². The minimum Gasteiger partial charge on any atom is -0.312 e. The first-order chi connectivity index (χ1) is 6.74. The molecule has 0 saturated heterocycles. The van der Waals surface area contributed by atoms with Crippen molar-refractivity contribution in [3.63, 3.8) is 0 Å². The van der Waals surface area contributed by atoms with Crippen molar-refractivity contribution in [2.45, 2.75) is 19.9 Å². The van der Waals surface area contributed by atoms with Gasteiger partial charge in [0, 0.05) is 30.8 Å². The van der Waals surface area contributed by atoms with Crippen LogP contribution in [-0.4, -0.2) is 11.5 Å². The van der Waals surface area contributed by atoms with Crippen LogP contribution >= 0.6 is 15.9 Å². The lowest BCUT2D eigenvalue weighted by Gasteiger charge is -2.18. The number of rotatable bonds is 0. The normalized spacial score (nSPS) is 14.6. The number of nitriles is 1. The molecule has 3 nitrogen and oxygen atoms in total. The minimum absolute atomic E-state index is 0.736. The number of hydrogen-bond acceptors (Lipinski definition) is 3. The third-order valence-electron chi connectivity index (χ3n) is 2.44. The van der Waals surface area contributed by atoms with E-state index in [1.807, 2.05) is 6.92 Å². The maximum Gasteiger partial charge on any atom is 0.101 e. The van der Waals surface area contributed by atoms with Gasteiger partial charge in [0.1, 0.15) is 6.07 Å². The van der Waals surface area contributed by atoms with Crippen molar-refractivity contribution in [2.24, 2.45) is 0 Å². The van der Waals surface area contributed by atoms with Gasteiger partial charge in [0.15, 0.2) is 0 Å². The van der Waals surface area contributed by atoms with Crippen molar-refractivity contribution in [1.29, 1.82) is 5.26 Å². The van der Waals surface area contributed by atoms with Gasteiger partial charge in [-0.3, -0.25) is 4.98 Å². The van der Waals surface area contributed by atoms with Crippen molar-refractivity contribution >= 4 is 15.9 Å². The summed E-state index contributed by atoms with van der Waals surface area (Å²) in [6.45, 7) is 3.63. The highest BCUT2D eigenvalue weighted by atomic mass is 79.9. The van der Waals surface area contributed by atoms with E-state index >= 15 is 0 Å². The monoisotopic (exact) mass is 251 g/mol. The van der Waals surface area contributed by atoms with Crippen molar-refractivity contribution in [3.05, 3.63) is 27.0 Å². The zero-order valence-corrected chi connectivity index (χ0v) is 9.48. The number of aromatic nitrogens is 1. The third kappa shape index (κ3) is 1.43. The van der Waals surface area contributed by atoms with Gasteiger partial charge < -0.3 is 5.32 Å². The first-order valence-corrected chi connectivity index (χ1v) is 5.32. The number of halogens is 1. The van der Waals surface area contributed by atoms with Crippen LogP contribution in [0.25, 0.3) is 0 Å². The van der Waals surface area contributed by atoms with Crippen molar-refractivity contribution < 1.29 is 0 Å². The van der Waals surface area contributed by atoms with Crippen LogP contribution in [0.1, 0.15) is 22.5 Å². The summed E-state index contributed by atoms with van der Waals surface area (Å²) in [7, 11) is 0. The van der Waals surface area contributed by atoms with Gasteiger partial charge >= 0.3 is 0 Å². The first kappa shape index (κ1) is 9.63. The topological polar surface area (TPSA) is 48.7 Å². The molecule has 72 valence electrons. The fourth-order valence-electron chi connectivity index (χ4n) is 1.71. The lowest BCUT2D eigenvalue weighted by Crippen LogP contribution is -2.26. The van der Waals surface area contributed by atoms with Gasteiger partial charge in [-0.1, -0.05) is 0 Å². The van der Waals surface area contributed by atoms with E-state index in [0.717, 1.165) is 46.5 Å². The fourth-order valence-corrected chi connectivity index (χ4v) is 2.13. The van der Waals surface area contributed by atoms with Crippen LogP contribution in [-0.2, 0) is 13.0 Å². The summed E-state index contributed by atoms with van der Waals surface area (Å²) < 4.78 is 0.836. The molecule has 14 heavy (non-hydrogen) atoms. The average molecular weight is 252 g/mol. The van der Waals surface area contributed by atoms with E-state index in [0.29, 0.717) is 0 Å². The molecule has 0 bridgehead atoms. The Morgan fingerprint density at radius 1 is 1.57 bits per heavy atom. The average Bonchev–Trinajstić information content (AvgIpc) is 2.20. The van der Waals surface area contributed by atoms with Gasteiger partial charge in [0.2, 0.25) is 0 Å². The molecule has 4 heteroatoms. The molecular formula is C10H10BrN3. The second-order valence-electron chi connectivity index (χ2n) is 3.35. The molecule has 1 aliphatic heterocycles. The molecule has 0 fully saturated rings. The van der Waals surface area contributed by atoms with Crippen LogP contribution in [0.15, 0.2) is 4.47 Å². The molecule has 1 aromatic rings. The SMILES string of the molecule is Cc1nc2c(c(C#N)c1Br)CNCC2. The van der Waals surface area contributed by atoms with Gasteiger partial charge in [-0.2, -0.15) is 5.26 Å². The predicted octanol–water partition coefficient (Wildman–Crippen LogP) is 1.67. The lowest BCUT2D eigenvalue weighted by molar-refractivity contribution is 0.626. The molecule has 0 aromatic carbocycles. The maximum atomic E-state index is 9.06. The molecular weight excluding hydrogens is 242 g/mol. The Bertz CT molecular complexity index is 420. The number of aryl methyl sites for hydroxylation is 1. The fraction of sp³-hybridized carbons (Fsp3) is 0.400. The van der Waals surface area contributed by atoms with E-state index in [2.05, 4.69) is 32.3 Å². The molecule has 0 unspecified atom stereocenters. The summed E-state index contributed by atoms with van der Waals surface area (Å²) in [5.41, 5.74) is 3.76. The molecule has 0 saturated carbocycles. The van der Waals surface area contributed by atoms with E-state index in [-0.39, 0.29) is 0 Å². The summed E-state index contributed by atoms with van der Waals surface area (Å²) in [4.78, 5) is 4.48. The highest BCUT2D eigenvalue weighted by Crippen LogP contribution is 2.26. The standard InChI is InChI=1S/C10H10BrN3/c1-6-10(11)7(4-12)8-5-13-3-2-9(8)14-6/h13H,2-3,5H2,1H3. The summed E-state index contributed by atoms with van der Waals surface area (Å²) in [6, 6.07) is 2.24. The lowest BCUT2D eigenvalue weighted by atomic mass is 10.0. The second-order valence-corrected chi connectivity index (χ2v) is 4.14. The van der Waals surface area contributed by atoms with Crippen LogP contribution in [0.3, 0.4) is 0 Å². The quantitative estimate of drug-likeness (QED) is 0.764. The van der Waals surface area contributed by atoms with E-state index in [1.54, 1.807) is 0 Å². The van der Waals surface area contributed by atoms with Crippen molar-refractivity contribution in [3.8, 4) is 6.07 Å². The van der Waals surface area contributed by atoms with Gasteiger partial charge in [-0.15, -0.1) is 0 Å². The smallest absolute Gasteiger partial charge is 0.101 e. The highest BCUT2D eigenvalue weighted by Gasteiger charge is 2.18. The molecule has 1 N–H and O–H groups in total. The number of nitrogens with zero attached hydrogens (tertiary/aromatic N) is 2. The Morgan fingerprint density at radius 3 is 3.07 bits per heavy atom. The van der Waals surface area contributed by atoms with Crippen LogP contribution in [0, 0.1) is 18.3 Å². The number of hydrogen-bond donors (Lipinski definition) is 1. The molecule has 0 amide bonds. The Labute approximate surface area is 91.3 Å². The van der Waals surface area contributed by atoms with E-state index in [4.69, 9.17) is 5.26 Å². The van der Waals surface area contributed by atoms with Crippen molar-refractivity contribution in [2.75, 3.05) is 6.54 Å². The summed E-state index contributed by atoms with van der Waals surface area (Å²) >= 11 is 3.41. The molecule has 1 aliphatic rings. The van der Waals surface area contributed by atoms with E-state index < -0.39 is 0 Å². The molecule has 0 atom stereocenters. The largest absolute Gasteiger partial charge is 0.312 e. The van der Waals surface area contributed by atoms with Gasteiger partial charge in [0.25, 0.3) is 0 Å². The zero-order chi connectivity index (χ0) is 10.1. The number of nitrogens with one attached hydrogen (secondary N) is 1. The van der Waals surface area contributed by atoms with E-state index in [1.165, 1.54) is 0 Å². The number of fused-ring (bicyclic) bond motifs is 1. The zero-order valence-electron chi connectivity index (χ0n) is 7.89. The Balaban J connectivity index is 2.67. The maximum absolute atomic E-state index is 9.06. The molecule has 0 spiro atoms. The third-order valence-corrected chi connectivity index (χ3v) is 3.41. The van der Waals surface area contributed by atoms with Crippen LogP contribution in [0.4, 0.5) is 0 Å². The minimum atomic E-state index is 0.736. The van der Waals surface area contributed by atoms with E-state index in [9.17, 15) is 0 Å². The molecule has 0 radical (unpaired) electrons. The second kappa shape index (κ2) is 3.68. The first-order valence-electron chi connectivity index (χ1n) is 4.52. The predicted molar refractivity (Wildman–Crippen MR) is 56.8 cm³/mol. The summed E-state index contributed by atoms with van der Waals surface area (Å²) in [6.07, 6.45) is 0.915. The van der Waals surface area contributed by atoms with Gasteiger partial charge in [-0.25, -0.2) is 0 Å². The summed E-state index contributed by atoms with van der Waals surface area (Å²) in [5, 5.41) is 12.3. The molecule has 1 aromatic heterocycles. The molecule has 2 heterocycles. The van der Waals surface area contributed by atoms with Gasteiger partial charge in [0.05, 0.1) is 15.7 Å². The van der Waals surface area contributed by atoms with Crippen LogP contribution in [0.5, 0.6) is 0 Å². The molecule has 0 aliphatic carbocycles. The van der Waals surface area contributed by atoms with Crippen LogP contribution in [0.2, 0.25) is 0 Å². The van der Waals surface area contributed by atoms with Crippen LogP contribution < -0.4 is 5.32 Å². The Kier molecular flexibility index (Phi) is 2.53. The molecule has 2 rings (SSSR count).